The van der Waals surface area contributed by atoms with Gasteiger partial charge in [-0.2, -0.15) is 0 Å². The summed E-state index contributed by atoms with van der Waals surface area (Å²) in [5, 5.41) is 12.4. The number of nitrogens with two attached hydrogens (primary N) is 1. The zero-order valence-corrected chi connectivity index (χ0v) is 13.0. The predicted octanol–water partition coefficient (Wildman–Crippen LogP) is 2.67. The topological polar surface area (TPSA) is 108 Å². The van der Waals surface area contributed by atoms with Crippen LogP contribution in [0.1, 0.15) is 45.7 Å². The van der Waals surface area contributed by atoms with E-state index in [-0.39, 0.29) is 11.5 Å². The SMILES string of the molecule is Nc1ccc2c(c1)C(=Cc1[nH]c3c(c1C(=O)O)CCCC3)C(=O)N2. The highest BCUT2D eigenvalue weighted by Crippen LogP contribution is 2.36. The van der Waals surface area contributed by atoms with Crippen molar-refractivity contribution < 1.29 is 14.7 Å². The minimum absolute atomic E-state index is 0.250. The largest absolute Gasteiger partial charge is 0.478 e. The first-order chi connectivity index (χ1) is 11.5. The van der Waals surface area contributed by atoms with E-state index < -0.39 is 5.97 Å². The molecule has 1 aromatic heterocycles. The van der Waals surface area contributed by atoms with Gasteiger partial charge in [0.2, 0.25) is 0 Å². The molecule has 0 fully saturated rings. The van der Waals surface area contributed by atoms with Crippen LogP contribution in [0.3, 0.4) is 0 Å². The lowest BCUT2D eigenvalue weighted by molar-refractivity contribution is -0.110. The second kappa shape index (κ2) is 5.26. The van der Waals surface area contributed by atoms with Gasteiger partial charge in [0, 0.05) is 22.6 Å². The molecule has 0 bridgehead atoms. The van der Waals surface area contributed by atoms with E-state index in [4.69, 9.17) is 5.73 Å². The van der Waals surface area contributed by atoms with Gasteiger partial charge >= 0.3 is 5.97 Å². The standard InChI is InChI=1S/C18H17N3O3/c19-9-5-6-14-11(7-9)12(17(22)21-14)8-15-16(18(23)24)10-3-1-2-4-13(10)20-15/h5-8,20H,1-4,19H2,(H,21,22)(H,23,24). The molecule has 0 radical (unpaired) electrons. The van der Waals surface area contributed by atoms with E-state index in [1.807, 2.05) is 0 Å². The molecule has 6 nitrogen and oxygen atoms in total. The number of aromatic nitrogens is 1. The molecule has 2 aromatic rings. The molecule has 4 rings (SSSR count). The van der Waals surface area contributed by atoms with Crippen molar-refractivity contribution >= 4 is 34.9 Å². The number of carboxylic acid groups (broad SMARTS) is 1. The van der Waals surface area contributed by atoms with E-state index in [1.165, 1.54) is 0 Å². The summed E-state index contributed by atoms with van der Waals surface area (Å²) in [5.41, 5.74) is 10.8. The van der Waals surface area contributed by atoms with Crippen LogP contribution >= 0.6 is 0 Å². The quantitative estimate of drug-likeness (QED) is 0.503. The third-order valence-corrected chi connectivity index (χ3v) is 4.65. The van der Waals surface area contributed by atoms with Crippen LogP contribution in [0.2, 0.25) is 0 Å². The zero-order valence-electron chi connectivity index (χ0n) is 13.0. The first kappa shape index (κ1) is 14.6. The lowest BCUT2D eigenvalue weighted by Crippen LogP contribution is -2.07. The summed E-state index contributed by atoms with van der Waals surface area (Å²) in [6.45, 7) is 0. The van der Waals surface area contributed by atoms with Gasteiger partial charge < -0.3 is 21.1 Å². The van der Waals surface area contributed by atoms with Gasteiger partial charge in [-0.05, 0) is 55.5 Å². The maximum atomic E-state index is 12.3. The van der Waals surface area contributed by atoms with Crippen molar-refractivity contribution in [3.63, 3.8) is 0 Å². The minimum atomic E-state index is -0.965. The summed E-state index contributed by atoms with van der Waals surface area (Å²) in [4.78, 5) is 27.2. The fourth-order valence-corrected chi connectivity index (χ4v) is 3.55. The summed E-state index contributed by atoms with van der Waals surface area (Å²) < 4.78 is 0. The highest BCUT2D eigenvalue weighted by atomic mass is 16.4. The van der Waals surface area contributed by atoms with E-state index in [1.54, 1.807) is 24.3 Å². The van der Waals surface area contributed by atoms with Crippen molar-refractivity contribution in [3.8, 4) is 0 Å². The lowest BCUT2D eigenvalue weighted by Gasteiger charge is -2.10. The van der Waals surface area contributed by atoms with Crippen molar-refractivity contribution in [2.45, 2.75) is 25.7 Å². The second-order valence-electron chi connectivity index (χ2n) is 6.20. The van der Waals surface area contributed by atoms with E-state index in [0.29, 0.717) is 28.2 Å². The number of hydrogen-bond donors (Lipinski definition) is 4. The number of rotatable bonds is 2. The monoisotopic (exact) mass is 323 g/mol. The van der Waals surface area contributed by atoms with Crippen LogP contribution < -0.4 is 11.1 Å². The third kappa shape index (κ3) is 2.19. The van der Waals surface area contributed by atoms with Crippen LogP contribution in [-0.2, 0) is 17.6 Å². The van der Waals surface area contributed by atoms with E-state index in [0.717, 1.165) is 36.9 Å². The van der Waals surface area contributed by atoms with Crippen LogP contribution in [0, 0.1) is 0 Å². The molecule has 0 saturated carbocycles. The molecule has 24 heavy (non-hydrogen) atoms. The summed E-state index contributed by atoms with van der Waals surface area (Å²) in [7, 11) is 0. The van der Waals surface area contributed by atoms with Crippen LogP contribution in [0.25, 0.3) is 11.6 Å². The van der Waals surface area contributed by atoms with Gasteiger partial charge in [0.05, 0.1) is 16.8 Å². The average Bonchev–Trinajstić information content (AvgIpc) is 3.06. The number of aromatic amines is 1. The van der Waals surface area contributed by atoms with Crippen LogP contribution in [0.4, 0.5) is 11.4 Å². The van der Waals surface area contributed by atoms with Gasteiger partial charge in [-0.25, -0.2) is 4.79 Å². The first-order valence-electron chi connectivity index (χ1n) is 7.94. The van der Waals surface area contributed by atoms with Gasteiger partial charge in [0.25, 0.3) is 5.91 Å². The summed E-state index contributed by atoms with van der Waals surface area (Å²) in [6.07, 6.45) is 5.26. The number of aromatic carboxylic acids is 1. The van der Waals surface area contributed by atoms with Gasteiger partial charge in [-0.15, -0.1) is 0 Å². The normalized spacial score (nSPS) is 17.5. The molecule has 1 aliphatic carbocycles. The number of fused-ring (bicyclic) bond motifs is 2. The van der Waals surface area contributed by atoms with E-state index in [2.05, 4.69) is 10.3 Å². The molecule has 5 N–H and O–H groups in total. The fraction of sp³-hybridized carbons (Fsp3) is 0.222. The van der Waals surface area contributed by atoms with Crippen LogP contribution in [0.15, 0.2) is 18.2 Å². The molecular weight excluding hydrogens is 306 g/mol. The van der Waals surface area contributed by atoms with Crippen molar-refractivity contribution in [2.24, 2.45) is 0 Å². The Hall–Kier alpha value is -3.02. The third-order valence-electron chi connectivity index (χ3n) is 4.65. The summed E-state index contributed by atoms with van der Waals surface area (Å²) >= 11 is 0. The summed E-state index contributed by atoms with van der Waals surface area (Å²) in [5.74, 6) is -1.22. The maximum absolute atomic E-state index is 12.3. The molecule has 0 saturated heterocycles. The van der Waals surface area contributed by atoms with Crippen molar-refractivity contribution in [2.75, 3.05) is 11.1 Å². The Kier molecular flexibility index (Phi) is 3.19. The van der Waals surface area contributed by atoms with Gasteiger partial charge in [0.15, 0.2) is 0 Å². The Balaban J connectivity index is 1.88. The van der Waals surface area contributed by atoms with Crippen LogP contribution in [0.5, 0.6) is 0 Å². The Morgan fingerprint density at radius 1 is 1.25 bits per heavy atom. The zero-order chi connectivity index (χ0) is 16.8. The molecule has 2 heterocycles. The first-order valence-corrected chi connectivity index (χ1v) is 7.94. The number of carboxylic acids is 1. The fourth-order valence-electron chi connectivity index (χ4n) is 3.55. The molecule has 1 aromatic carbocycles. The maximum Gasteiger partial charge on any atom is 0.338 e. The second-order valence-corrected chi connectivity index (χ2v) is 6.20. The highest BCUT2D eigenvalue weighted by Gasteiger charge is 2.28. The number of anilines is 2. The van der Waals surface area contributed by atoms with Crippen molar-refractivity contribution in [3.05, 3.63) is 46.3 Å². The Labute approximate surface area is 138 Å². The van der Waals surface area contributed by atoms with Gasteiger partial charge in [0.1, 0.15) is 0 Å². The lowest BCUT2D eigenvalue weighted by atomic mass is 9.94. The van der Waals surface area contributed by atoms with Gasteiger partial charge in [-0.1, -0.05) is 0 Å². The van der Waals surface area contributed by atoms with E-state index >= 15 is 0 Å². The number of carbonyl (C=O) groups is 2. The molecule has 0 unspecified atom stereocenters. The number of hydrogen-bond acceptors (Lipinski definition) is 3. The molecule has 2 aliphatic rings. The van der Waals surface area contributed by atoms with Crippen molar-refractivity contribution in [1.29, 1.82) is 0 Å². The molecular formula is C18H17N3O3. The Bertz CT molecular complexity index is 908. The van der Waals surface area contributed by atoms with Gasteiger partial charge in [-0.3, -0.25) is 4.79 Å². The number of H-pyrrole nitrogens is 1. The molecule has 122 valence electrons. The molecule has 0 atom stereocenters. The molecule has 1 amide bonds. The highest BCUT2D eigenvalue weighted by molar-refractivity contribution is 6.35. The van der Waals surface area contributed by atoms with Crippen molar-refractivity contribution in [1.82, 2.24) is 4.98 Å². The Morgan fingerprint density at radius 3 is 2.83 bits per heavy atom. The number of carbonyl (C=O) groups excluding carboxylic acids is 1. The number of benzene rings is 1. The minimum Gasteiger partial charge on any atom is -0.478 e. The molecule has 6 heteroatoms. The smallest absolute Gasteiger partial charge is 0.338 e. The van der Waals surface area contributed by atoms with Crippen LogP contribution in [-0.4, -0.2) is 22.0 Å². The number of aryl methyl sites for hydroxylation is 1. The molecule has 1 aliphatic heterocycles. The Morgan fingerprint density at radius 2 is 2.04 bits per heavy atom. The number of nitrogens with one attached hydrogen (secondary N) is 2. The number of amides is 1. The molecule has 0 spiro atoms. The number of nitrogen functional groups attached to an aromatic ring is 1. The van der Waals surface area contributed by atoms with E-state index in [9.17, 15) is 14.7 Å². The summed E-state index contributed by atoms with van der Waals surface area (Å²) in [6, 6.07) is 5.20. The average molecular weight is 323 g/mol. The predicted molar refractivity (Wildman–Crippen MR) is 91.7 cm³/mol.